The van der Waals surface area contributed by atoms with E-state index in [1.165, 1.54) is 0 Å². The predicted octanol–water partition coefficient (Wildman–Crippen LogP) is 3.32. The highest BCUT2D eigenvalue weighted by Gasteiger charge is 2.40. The summed E-state index contributed by atoms with van der Waals surface area (Å²) in [5.74, 6) is -2.62. The first-order valence-corrected chi connectivity index (χ1v) is 6.38. The van der Waals surface area contributed by atoms with Crippen LogP contribution in [0.25, 0.3) is 0 Å². The van der Waals surface area contributed by atoms with Gasteiger partial charge in [0.15, 0.2) is 0 Å². The first-order chi connectivity index (χ1) is 9.01. The van der Waals surface area contributed by atoms with Crippen LogP contribution in [0.4, 0.5) is 13.2 Å². The van der Waals surface area contributed by atoms with E-state index in [0.29, 0.717) is 18.6 Å². The molecule has 1 fully saturated rings. The number of hydrogen-bond acceptors (Lipinski definition) is 2. The van der Waals surface area contributed by atoms with Crippen LogP contribution < -0.4 is 5.32 Å². The summed E-state index contributed by atoms with van der Waals surface area (Å²) in [5.41, 5.74) is -0.437. The second kappa shape index (κ2) is 5.51. The van der Waals surface area contributed by atoms with Crippen molar-refractivity contribution in [3.05, 3.63) is 35.1 Å². The van der Waals surface area contributed by atoms with Crippen molar-refractivity contribution in [1.82, 2.24) is 5.32 Å². The van der Waals surface area contributed by atoms with Gasteiger partial charge in [0.1, 0.15) is 17.5 Å². The maximum Gasteiger partial charge on any atom is 0.133 e. The Morgan fingerprint density at radius 3 is 2.21 bits per heavy atom. The third kappa shape index (κ3) is 2.77. The Morgan fingerprint density at radius 2 is 1.84 bits per heavy atom. The molecule has 0 aromatic heterocycles. The molecule has 1 unspecified atom stereocenters. The van der Waals surface area contributed by atoms with Gasteiger partial charge in [-0.3, -0.25) is 0 Å². The second-order valence-corrected chi connectivity index (χ2v) is 5.07. The summed E-state index contributed by atoms with van der Waals surface area (Å²) >= 11 is 0. The zero-order chi connectivity index (χ0) is 14.0. The molecule has 5 heteroatoms. The quantitative estimate of drug-likeness (QED) is 0.888. The lowest BCUT2D eigenvalue weighted by atomic mass is 9.74. The number of halogens is 3. The zero-order valence-corrected chi connectivity index (χ0v) is 11.1. The molecule has 106 valence electrons. The minimum absolute atomic E-state index is 0.118. The Hall–Kier alpha value is -1.07. The number of ether oxygens (including phenoxy) is 1. The summed E-state index contributed by atoms with van der Waals surface area (Å²) in [6, 6.07) is 0.896. The molecule has 1 atom stereocenters. The van der Waals surface area contributed by atoms with Crippen molar-refractivity contribution in [2.45, 2.75) is 37.3 Å². The van der Waals surface area contributed by atoms with E-state index in [1.807, 2.05) is 0 Å². The van der Waals surface area contributed by atoms with Gasteiger partial charge in [0, 0.05) is 30.8 Å². The lowest BCUT2D eigenvalue weighted by Crippen LogP contribution is -2.42. The van der Waals surface area contributed by atoms with Gasteiger partial charge in [-0.05, 0) is 32.7 Å². The number of methoxy groups -OCH3 is 1. The molecule has 0 aliphatic heterocycles. The van der Waals surface area contributed by atoms with Gasteiger partial charge in [0.05, 0.1) is 5.60 Å². The zero-order valence-electron chi connectivity index (χ0n) is 11.1. The van der Waals surface area contributed by atoms with Crippen molar-refractivity contribution in [2.75, 3.05) is 14.2 Å². The van der Waals surface area contributed by atoms with Crippen LogP contribution >= 0.6 is 0 Å². The van der Waals surface area contributed by atoms with Gasteiger partial charge >= 0.3 is 0 Å². The minimum atomic E-state index is -0.904. The van der Waals surface area contributed by atoms with Crippen molar-refractivity contribution in [3.8, 4) is 0 Å². The Labute approximate surface area is 111 Å². The van der Waals surface area contributed by atoms with Gasteiger partial charge in [0.25, 0.3) is 0 Å². The molecule has 0 spiro atoms. The van der Waals surface area contributed by atoms with Crippen LogP contribution in [0.2, 0.25) is 0 Å². The van der Waals surface area contributed by atoms with E-state index in [9.17, 15) is 13.2 Å². The van der Waals surface area contributed by atoms with E-state index in [2.05, 4.69) is 5.32 Å². The summed E-state index contributed by atoms with van der Waals surface area (Å²) in [7, 11) is 3.25. The fraction of sp³-hybridized carbons (Fsp3) is 0.571. The van der Waals surface area contributed by atoms with E-state index in [-0.39, 0.29) is 11.2 Å². The van der Waals surface area contributed by atoms with E-state index >= 15 is 0 Å². The fourth-order valence-corrected chi connectivity index (χ4v) is 2.67. The molecule has 19 heavy (non-hydrogen) atoms. The Balaban J connectivity index is 2.27. The number of benzene rings is 1. The summed E-state index contributed by atoms with van der Waals surface area (Å²) in [6.07, 6.45) is 3.29. The highest BCUT2D eigenvalue weighted by molar-refractivity contribution is 5.25. The van der Waals surface area contributed by atoms with Crippen molar-refractivity contribution >= 4 is 0 Å². The van der Waals surface area contributed by atoms with Crippen molar-refractivity contribution in [3.63, 3.8) is 0 Å². The lowest BCUT2D eigenvalue weighted by Gasteiger charge is -2.43. The van der Waals surface area contributed by atoms with Gasteiger partial charge in [-0.25, -0.2) is 13.2 Å². The van der Waals surface area contributed by atoms with Gasteiger partial charge in [-0.1, -0.05) is 0 Å². The molecule has 1 aromatic carbocycles. The van der Waals surface area contributed by atoms with E-state index in [4.69, 9.17) is 4.74 Å². The molecule has 0 saturated heterocycles. The third-order valence-electron chi connectivity index (χ3n) is 4.01. The van der Waals surface area contributed by atoms with Crippen LogP contribution in [-0.2, 0) is 4.74 Å². The topological polar surface area (TPSA) is 21.3 Å². The monoisotopic (exact) mass is 273 g/mol. The van der Waals surface area contributed by atoms with Gasteiger partial charge in [-0.15, -0.1) is 0 Å². The minimum Gasteiger partial charge on any atom is -0.378 e. The maximum atomic E-state index is 13.8. The number of nitrogens with one attached hydrogen (secondary N) is 1. The molecular weight excluding hydrogens is 255 g/mol. The van der Waals surface area contributed by atoms with Gasteiger partial charge in [0.2, 0.25) is 0 Å². The van der Waals surface area contributed by atoms with E-state index < -0.39 is 23.5 Å². The van der Waals surface area contributed by atoms with Crippen molar-refractivity contribution < 1.29 is 17.9 Å². The molecule has 1 aliphatic carbocycles. The molecule has 2 rings (SSSR count). The molecule has 0 heterocycles. The smallest absolute Gasteiger partial charge is 0.133 e. The molecule has 0 radical (unpaired) electrons. The van der Waals surface area contributed by atoms with Crippen LogP contribution in [0.5, 0.6) is 0 Å². The highest BCUT2D eigenvalue weighted by Crippen LogP contribution is 2.42. The van der Waals surface area contributed by atoms with Gasteiger partial charge < -0.3 is 10.1 Å². The first kappa shape index (κ1) is 14.3. The first-order valence-electron chi connectivity index (χ1n) is 6.38. The number of rotatable bonds is 5. The summed E-state index contributed by atoms with van der Waals surface area (Å²) < 4.78 is 46.0. The molecule has 1 saturated carbocycles. The molecule has 0 bridgehead atoms. The summed E-state index contributed by atoms with van der Waals surface area (Å²) in [4.78, 5) is 0. The lowest BCUT2D eigenvalue weighted by molar-refractivity contribution is -0.0837. The molecular formula is C14H18F3NO. The molecule has 1 aromatic rings. The van der Waals surface area contributed by atoms with Crippen molar-refractivity contribution in [2.24, 2.45) is 0 Å². The van der Waals surface area contributed by atoms with E-state index in [0.717, 1.165) is 19.3 Å². The Kier molecular flexibility index (Phi) is 4.16. The highest BCUT2D eigenvalue weighted by atomic mass is 19.1. The van der Waals surface area contributed by atoms with Crippen LogP contribution in [0.3, 0.4) is 0 Å². The normalized spacial score (nSPS) is 19.0. The van der Waals surface area contributed by atoms with Crippen LogP contribution in [0, 0.1) is 17.5 Å². The molecule has 2 nitrogen and oxygen atoms in total. The van der Waals surface area contributed by atoms with Gasteiger partial charge in [-0.2, -0.15) is 0 Å². The summed E-state index contributed by atoms with van der Waals surface area (Å²) in [6.45, 7) is 0. The predicted molar refractivity (Wildman–Crippen MR) is 66.3 cm³/mol. The molecule has 0 amide bonds. The molecule has 1 aliphatic rings. The summed E-state index contributed by atoms with van der Waals surface area (Å²) in [5, 5.41) is 2.90. The van der Waals surface area contributed by atoms with E-state index in [1.54, 1.807) is 14.2 Å². The average molecular weight is 273 g/mol. The van der Waals surface area contributed by atoms with Crippen LogP contribution in [0.1, 0.15) is 37.3 Å². The maximum absolute atomic E-state index is 13.8. The Bertz CT molecular complexity index is 431. The van der Waals surface area contributed by atoms with Crippen LogP contribution in [0.15, 0.2) is 12.1 Å². The average Bonchev–Trinajstić information content (AvgIpc) is 2.30. The number of hydrogen-bond donors (Lipinski definition) is 1. The fourth-order valence-electron chi connectivity index (χ4n) is 2.67. The Morgan fingerprint density at radius 1 is 1.26 bits per heavy atom. The van der Waals surface area contributed by atoms with Crippen LogP contribution in [-0.4, -0.2) is 19.8 Å². The second-order valence-electron chi connectivity index (χ2n) is 5.07. The standard InChI is InChI=1S/C14H18F3NO/c1-18-12(8-14(19-2)4-3-5-14)13-10(16)6-9(15)7-11(13)17/h6-7,12,18H,3-5,8H2,1-2H3. The SMILES string of the molecule is CNC(CC1(OC)CCC1)c1c(F)cc(F)cc1F. The molecule has 1 N–H and O–H groups in total. The van der Waals surface area contributed by atoms with Crippen molar-refractivity contribution in [1.29, 1.82) is 0 Å². The largest absolute Gasteiger partial charge is 0.378 e. The third-order valence-corrected chi connectivity index (χ3v) is 4.01.